The fraction of sp³-hybridized carbons (Fsp3) is 0.588. The number of rotatable bonds is 5. The fourth-order valence-corrected chi connectivity index (χ4v) is 2.78. The zero-order chi connectivity index (χ0) is 14.7. The van der Waals surface area contributed by atoms with Crippen LogP contribution in [0.1, 0.15) is 18.4 Å². The first-order valence-corrected chi connectivity index (χ1v) is 7.93. The van der Waals surface area contributed by atoms with Crippen molar-refractivity contribution in [1.29, 1.82) is 0 Å². The van der Waals surface area contributed by atoms with E-state index in [0.717, 1.165) is 51.3 Å². The first kappa shape index (κ1) is 14.4. The van der Waals surface area contributed by atoms with Crippen LogP contribution < -0.4 is 4.74 Å². The van der Waals surface area contributed by atoms with Crippen LogP contribution in [-0.4, -0.2) is 55.0 Å². The normalized spacial score (nSPS) is 19.6. The molecule has 2 fully saturated rings. The number of nitrogens with zero attached hydrogens (tertiary/aromatic N) is 2. The second-order valence-corrected chi connectivity index (χ2v) is 6.06. The van der Waals surface area contributed by atoms with Crippen LogP contribution in [0.25, 0.3) is 0 Å². The Morgan fingerprint density at radius 2 is 1.90 bits per heavy atom. The second kappa shape index (κ2) is 6.48. The highest BCUT2D eigenvalue weighted by Gasteiger charge is 2.34. The maximum absolute atomic E-state index is 12.0. The summed E-state index contributed by atoms with van der Waals surface area (Å²) in [6.45, 7) is 7.39. The lowest BCUT2D eigenvalue weighted by Gasteiger charge is -2.34. The van der Waals surface area contributed by atoms with E-state index in [2.05, 4.69) is 17.9 Å². The van der Waals surface area contributed by atoms with Crippen LogP contribution in [0.15, 0.2) is 24.3 Å². The van der Waals surface area contributed by atoms with Gasteiger partial charge in [0.15, 0.2) is 0 Å². The number of aryl methyl sites for hydroxylation is 1. The van der Waals surface area contributed by atoms with E-state index in [4.69, 9.17) is 4.74 Å². The molecule has 114 valence electrons. The van der Waals surface area contributed by atoms with E-state index in [1.165, 1.54) is 5.56 Å². The standard InChI is InChI=1S/C17H24N2O2/c1-14-4-2-3-5-16(14)21-13-12-18-8-10-19(11-9-18)17(20)15-6-7-15/h2-5,15H,6-13H2,1H3. The Balaban J connectivity index is 1.37. The predicted molar refractivity (Wildman–Crippen MR) is 82.4 cm³/mol. The van der Waals surface area contributed by atoms with Crippen LogP contribution in [0.2, 0.25) is 0 Å². The summed E-state index contributed by atoms with van der Waals surface area (Å²) in [6, 6.07) is 8.11. The summed E-state index contributed by atoms with van der Waals surface area (Å²) in [5.74, 6) is 1.70. The SMILES string of the molecule is Cc1ccccc1OCCN1CCN(C(=O)C2CC2)CC1. The number of benzene rings is 1. The quantitative estimate of drug-likeness (QED) is 0.830. The van der Waals surface area contributed by atoms with Gasteiger partial charge in [-0.1, -0.05) is 18.2 Å². The van der Waals surface area contributed by atoms with E-state index in [1.807, 2.05) is 23.1 Å². The molecule has 0 bridgehead atoms. The Kier molecular flexibility index (Phi) is 4.44. The summed E-state index contributed by atoms with van der Waals surface area (Å²) in [5, 5.41) is 0. The van der Waals surface area contributed by atoms with Crippen molar-refractivity contribution in [3.05, 3.63) is 29.8 Å². The third kappa shape index (κ3) is 3.76. The summed E-state index contributed by atoms with van der Waals surface area (Å²) >= 11 is 0. The first-order valence-electron chi connectivity index (χ1n) is 7.93. The van der Waals surface area contributed by atoms with Gasteiger partial charge in [-0.2, -0.15) is 0 Å². The van der Waals surface area contributed by atoms with Crippen molar-refractivity contribution in [1.82, 2.24) is 9.80 Å². The van der Waals surface area contributed by atoms with Gasteiger partial charge in [-0.25, -0.2) is 0 Å². The molecular weight excluding hydrogens is 264 g/mol. The number of carbonyl (C=O) groups is 1. The van der Waals surface area contributed by atoms with Crippen molar-refractivity contribution in [3.63, 3.8) is 0 Å². The van der Waals surface area contributed by atoms with Crippen molar-refractivity contribution in [2.45, 2.75) is 19.8 Å². The third-order valence-electron chi connectivity index (χ3n) is 4.37. The largest absolute Gasteiger partial charge is 0.492 e. The Hall–Kier alpha value is -1.55. The number of carbonyl (C=O) groups excluding carboxylic acids is 1. The van der Waals surface area contributed by atoms with E-state index in [-0.39, 0.29) is 0 Å². The molecule has 1 saturated heterocycles. The van der Waals surface area contributed by atoms with Gasteiger partial charge in [0.05, 0.1) is 0 Å². The average Bonchev–Trinajstić information content (AvgIpc) is 3.34. The van der Waals surface area contributed by atoms with Gasteiger partial charge in [0.1, 0.15) is 12.4 Å². The molecule has 4 heteroatoms. The molecule has 0 atom stereocenters. The zero-order valence-corrected chi connectivity index (χ0v) is 12.8. The molecule has 1 aromatic carbocycles. The minimum atomic E-state index is 0.348. The molecule has 0 unspecified atom stereocenters. The molecule has 4 nitrogen and oxygen atoms in total. The van der Waals surface area contributed by atoms with E-state index >= 15 is 0 Å². The lowest BCUT2D eigenvalue weighted by molar-refractivity contribution is -0.134. The number of piperazine rings is 1. The number of hydrogen-bond acceptors (Lipinski definition) is 3. The highest BCUT2D eigenvalue weighted by Crippen LogP contribution is 2.31. The minimum Gasteiger partial charge on any atom is -0.492 e. The van der Waals surface area contributed by atoms with Gasteiger partial charge in [-0.15, -0.1) is 0 Å². The molecule has 3 rings (SSSR count). The van der Waals surface area contributed by atoms with E-state index < -0.39 is 0 Å². The van der Waals surface area contributed by atoms with Crippen molar-refractivity contribution >= 4 is 5.91 Å². The highest BCUT2D eigenvalue weighted by molar-refractivity contribution is 5.81. The predicted octanol–water partition coefficient (Wildman–Crippen LogP) is 1.93. The van der Waals surface area contributed by atoms with Crippen LogP contribution in [0.3, 0.4) is 0 Å². The van der Waals surface area contributed by atoms with E-state index in [9.17, 15) is 4.79 Å². The van der Waals surface area contributed by atoms with Crippen LogP contribution in [0.4, 0.5) is 0 Å². The first-order chi connectivity index (χ1) is 10.2. The smallest absolute Gasteiger partial charge is 0.225 e. The molecule has 21 heavy (non-hydrogen) atoms. The molecule has 0 N–H and O–H groups in total. The van der Waals surface area contributed by atoms with E-state index in [0.29, 0.717) is 18.4 Å². The molecule has 1 heterocycles. The molecule has 1 aliphatic heterocycles. The molecule has 0 aromatic heterocycles. The summed E-state index contributed by atoms with van der Waals surface area (Å²) in [6.07, 6.45) is 2.20. The topological polar surface area (TPSA) is 32.8 Å². The monoisotopic (exact) mass is 288 g/mol. The maximum atomic E-state index is 12.0. The van der Waals surface area contributed by atoms with E-state index in [1.54, 1.807) is 0 Å². The van der Waals surface area contributed by atoms with Gasteiger partial charge in [0.25, 0.3) is 0 Å². The summed E-state index contributed by atoms with van der Waals surface area (Å²) in [5.41, 5.74) is 1.18. The summed E-state index contributed by atoms with van der Waals surface area (Å²) in [7, 11) is 0. The lowest BCUT2D eigenvalue weighted by atomic mass is 10.2. The summed E-state index contributed by atoms with van der Waals surface area (Å²) < 4.78 is 5.84. The molecule has 0 radical (unpaired) electrons. The van der Waals surface area contributed by atoms with Crippen LogP contribution in [-0.2, 0) is 4.79 Å². The fourth-order valence-electron chi connectivity index (χ4n) is 2.78. The van der Waals surface area contributed by atoms with Crippen molar-refractivity contribution in [3.8, 4) is 5.75 Å². The molecule has 0 spiro atoms. The van der Waals surface area contributed by atoms with Crippen LogP contribution in [0.5, 0.6) is 5.75 Å². The molecule has 1 saturated carbocycles. The maximum Gasteiger partial charge on any atom is 0.225 e. The Morgan fingerprint density at radius 1 is 1.19 bits per heavy atom. The molecular formula is C17H24N2O2. The zero-order valence-electron chi connectivity index (χ0n) is 12.8. The van der Waals surface area contributed by atoms with Crippen LogP contribution >= 0.6 is 0 Å². The van der Waals surface area contributed by atoms with Gasteiger partial charge in [-0.3, -0.25) is 9.69 Å². The van der Waals surface area contributed by atoms with Gasteiger partial charge >= 0.3 is 0 Å². The number of para-hydroxylation sites is 1. The van der Waals surface area contributed by atoms with Crippen molar-refractivity contribution < 1.29 is 9.53 Å². The Morgan fingerprint density at radius 3 is 2.57 bits per heavy atom. The van der Waals surface area contributed by atoms with Gasteiger partial charge in [0.2, 0.25) is 5.91 Å². The molecule has 1 amide bonds. The molecule has 1 aliphatic carbocycles. The molecule has 1 aromatic rings. The number of amides is 1. The minimum absolute atomic E-state index is 0.348. The van der Waals surface area contributed by atoms with Gasteiger partial charge in [0, 0.05) is 38.6 Å². The van der Waals surface area contributed by atoms with Crippen molar-refractivity contribution in [2.75, 3.05) is 39.3 Å². The Bertz CT molecular complexity index is 491. The second-order valence-electron chi connectivity index (χ2n) is 6.06. The Labute approximate surface area is 126 Å². The van der Waals surface area contributed by atoms with Crippen molar-refractivity contribution in [2.24, 2.45) is 5.92 Å². The lowest BCUT2D eigenvalue weighted by Crippen LogP contribution is -2.50. The third-order valence-corrected chi connectivity index (χ3v) is 4.37. The van der Waals surface area contributed by atoms with Crippen LogP contribution in [0, 0.1) is 12.8 Å². The summed E-state index contributed by atoms with van der Waals surface area (Å²) in [4.78, 5) is 16.4. The number of hydrogen-bond donors (Lipinski definition) is 0. The average molecular weight is 288 g/mol. The van der Waals surface area contributed by atoms with Gasteiger partial charge in [-0.05, 0) is 31.4 Å². The van der Waals surface area contributed by atoms with Gasteiger partial charge < -0.3 is 9.64 Å². The highest BCUT2D eigenvalue weighted by atomic mass is 16.5. The molecule has 2 aliphatic rings. The number of ether oxygens (including phenoxy) is 1.